The summed E-state index contributed by atoms with van der Waals surface area (Å²) in [5, 5.41) is 4.16. The maximum absolute atomic E-state index is 13.9. The lowest BCUT2D eigenvalue weighted by Gasteiger charge is -2.19. The minimum absolute atomic E-state index is 0.0426. The van der Waals surface area contributed by atoms with E-state index in [4.69, 9.17) is 9.47 Å². The van der Waals surface area contributed by atoms with Gasteiger partial charge in [0, 0.05) is 34.4 Å². The first-order chi connectivity index (χ1) is 16.1. The van der Waals surface area contributed by atoms with Gasteiger partial charge in [0.25, 0.3) is 0 Å². The van der Waals surface area contributed by atoms with Crippen molar-refractivity contribution in [3.8, 4) is 5.75 Å². The summed E-state index contributed by atoms with van der Waals surface area (Å²) in [6.07, 6.45) is 1.74. The van der Waals surface area contributed by atoms with E-state index in [0.717, 1.165) is 22.2 Å². The number of hydrogen-bond donors (Lipinski definition) is 1. The zero-order valence-electron chi connectivity index (χ0n) is 18.7. The average Bonchev–Trinajstić information content (AvgIpc) is 3.21. The minimum atomic E-state index is -0.625. The van der Waals surface area contributed by atoms with Gasteiger partial charge in [-0.25, -0.2) is 0 Å². The molecule has 0 aliphatic carbocycles. The molecule has 1 aromatic heterocycles. The lowest BCUT2D eigenvalue weighted by Crippen LogP contribution is -2.21. The summed E-state index contributed by atoms with van der Waals surface area (Å²) in [5.41, 5.74) is 2.96. The summed E-state index contributed by atoms with van der Waals surface area (Å²) in [7, 11) is 1.61. The second-order valence-electron chi connectivity index (χ2n) is 7.58. The van der Waals surface area contributed by atoms with E-state index in [2.05, 4.69) is 5.32 Å². The quantitative estimate of drug-likeness (QED) is 0.283. The molecular weight excluding hydrogens is 416 g/mol. The van der Waals surface area contributed by atoms with Gasteiger partial charge >= 0.3 is 5.97 Å². The van der Waals surface area contributed by atoms with Crippen molar-refractivity contribution in [2.45, 2.75) is 19.5 Å². The zero-order valence-corrected chi connectivity index (χ0v) is 18.7. The monoisotopic (exact) mass is 442 g/mol. The molecule has 168 valence electrons. The standard InChI is InChI=1S/C27H26N2O4/c1-3-33-25(30)18-29-17-23(22-14-7-8-15-24(22)29)27(31)26(19-10-5-4-6-11-19)28-20-12-9-13-21(16-20)32-2/h4-17,26,28H,3,18H2,1-2H3. The molecular formula is C27H26N2O4. The highest BCUT2D eigenvalue weighted by atomic mass is 16.5. The number of Topliss-reactive ketones (excluding diaryl/α,β-unsaturated/α-hetero) is 1. The van der Waals surface area contributed by atoms with Crippen molar-refractivity contribution in [3.05, 3.63) is 96.2 Å². The van der Waals surface area contributed by atoms with Crippen LogP contribution < -0.4 is 10.1 Å². The number of esters is 1. The lowest BCUT2D eigenvalue weighted by molar-refractivity contribution is -0.143. The van der Waals surface area contributed by atoms with E-state index in [1.807, 2.05) is 78.9 Å². The number of nitrogens with one attached hydrogen (secondary N) is 1. The number of ketones is 1. The SMILES string of the molecule is CCOC(=O)Cn1cc(C(=O)C(Nc2cccc(OC)c2)c2ccccc2)c2ccccc21. The van der Waals surface area contributed by atoms with Crippen LogP contribution >= 0.6 is 0 Å². The molecule has 0 aliphatic rings. The molecule has 0 saturated heterocycles. The number of para-hydroxylation sites is 1. The van der Waals surface area contributed by atoms with Crippen LogP contribution in [0.15, 0.2) is 85.1 Å². The molecule has 0 amide bonds. The number of fused-ring (bicyclic) bond motifs is 1. The van der Waals surface area contributed by atoms with Crippen LogP contribution in [0.5, 0.6) is 5.75 Å². The van der Waals surface area contributed by atoms with Crippen LogP contribution in [0.25, 0.3) is 10.9 Å². The van der Waals surface area contributed by atoms with Crippen LogP contribution in [0, 0.1) is 0 Å². The number of carbonyl (C=O) groups excluding carboxylic acids is 2. The molecule has 0 radical (unpaired) electrons. The number of ether oxygens (including phenoxy) is 2. The Bertz CT molecular complexity index is 1260. The Labute approximate surface area is 192 Å². The van der Waals surface area contributed by atoms with E-state index in [1.54, 1.807) is 24.8 Å². The smallest absolute Gasteiger partial charge is 0.325 e. The van der Waals surface area contributed by atoms with Crippen molar-refractivity contribution in [3.63, 3.8) is 0 Å². The number of nitrogens with zero attached hydrogens (tertiary/aromatic N) is 1. The third-order valence-corrected chi connectivity index (χ3v) is 5.43. The molecule has 4 rings (SSSR count). The lowest BCUT2D eigenvalue weighted by atomic mass is 9.96. The van der Waals surface area contributed by atoms with Crippen molar-refractivity contribution in [1.82, 2.24) is 4.57 Å². The van der Waals surface area contributed by atoms with E-state index in [1.165, 1.54) is 0 Å². The summed E-state index contributed by atoms with van der Waals surface area (Å²) in [6, 6.07) is 24.0. The van der Waals surface area contributed by atoms with Crippen LogP contribution in [-0.2, 0) is 16.1 Å². The number of benzene rings is 3. The Kier molecular flexibility index (Phi) is 6.74. The highest BCUT2D eigenvalue weighted by Gasteiger charge is 2.26. The van der Waals surface area contributed by atoms with Gasteiger partial charge < -0.3 is 19.4 Å². The van der Waals surface area contributed by atoms with Crippen LogP contribution in [0.2, 0.25) is 0 Å². The van der Waals surface area contributed by atoms with Crippen LogP contribution in [0.3, 0.4) is 0 Å². The maximum atomic E-state index is 13.9. The Hall–Kier alpha value is -4.06. The number of aromatic nitrogens is 1. The van der Waals surface area contributed by atoms with Crippen LogP contribution in [0.4, 0.5) is 5.69 Å². The summed E-state index contributed by atoms with van der Waals surface area (Å²) in [6.45, 7) is 2.13. The first-order valence-corrected chi connectivity index (χ1v) is 10.8. The van der Waals surface area contributed by atoms with Crippen molar-refractivity contribution < 1.29 is 19.1 Å². The highest BCUT2D eigenvalue weighted by molar-refractivity contribution is 6.11. The first kappa shape index (κ1) is 22.1. The number of anilines is 1. The molecule has 6 nitrogen and oxygen atoms in total. The summed E-state index contributed by atoms with van der Waals surface area (Å²) in [5.74, 6) is 0.263. The molecule has 4 aromatic rings. The molecule has 1 unspecified atom stereocenters. The van der Waals surface area contributed by atoms with Gasteiger partial charge in [0.2, 0.25) is 0 Å². The third-order valence-electron chi connectivity index (χ3n) is 5.43. The topological polar surface area (TPSA) is 69.6 Å². The van der Waals surface area contributed by atoms with Gasteiger partial charge in [0.15, 0.2) is 5.78 Å². The average molecular weight is 443 g/mol. The van der Waals surface area contributed by atoms with E-state index in [0.29, 0.717) is 17.9 Å². The summed E-state index contributed by atoms with van der Waals surface area (Å²) >= 11 is 0. The molecule has 3 aromatic carbocycles. The molecule has 0 fully saturated rings. The molecule has 0 spiro atoms. The fraction of sp³-hybridized carbons (Fsp3) is 0.185. The molecule has 0 bridgehead atoms. The fourth-order valence-corrected chi connectivity index (χ4v) is 3.90. The zero-order chi connectivity index (χ0) is 23.2. The Morgan fingerprint density at radius 3 is 2.48 bits per heavy atom. The molecule has 1 atom stereocenters. The molecule has 0 saturated carbocycles. The second kappa shape index (κ2) is 10.0. The van der Waals surface area contributed by atoms with Crippen LogP contribution in [-0.4, -0.2) is 30.0 Å². The third kappa shape index (κ3) is 4.90. The minimum Gasteiger partial charge on any atom is -0.497 e. The van der Waals surface area contributed by atoms with Gasteiger partial charge in [-0.1, -0.05) is 54.6 Å². The Morgan fingerprint density at radius 1 is 0.970 bits per heavy atom. The van der Waals surface area contributed by atoms with E-state index < -0.39 is 6.04 Å². The van der Waals surface area contributed by atoms with Crippen molar-refractivity contribution in [2.75, 3.05) is 19.0 Å². The van der Waals surface area contributed by atoms with Gasteiger partial charge in [-0.15, -0.1) is 0 Å². The highest BCUT2D eigenvalue weighted by Crippen LogP contribution is 2.30. The van der Waals surface area contributed by atoms with Crippen LogP contribution in [0.1, 0.15) is 28.9 Å². The summed E-state index contributed by atoms with van der Waals surface area (Å²) in [4.78, 5) is 26.1. The van der Waals surface area contributed by atoms with Gasteiger partial charge in [-0.2, -0.15) is 0 Å². The largest absolute Gasteiger partial charge is 0.497 e. The van der Waals surface area contributed by atoms with E-state index in [9.17, 15) is 9.59 Å². The fourth-order valence-electron chi connectivity index (χ4n) is 3.90. The number of rotatable bonds is 9. The predicted molar refractivity (Wildman–Crippen MR) is 129 cm³/mol. The van der Waals surface area contributed by atoms with Gasteiger partial charge in [-0.05, 0) is 30.7 Å². The molecule has 6 heteroatoms. The summed E-state index contributed by atoms with van der Waals surface area (Å²) < 4.78 is 12.2. The number of methoxy groups -OCH3 is 1. The van der Waals surface area contributed by atoms with Gasteiger partial charge in [-0.3, -0.25) is 9.59 Å². The van der Waals surface area contributed by atoms with E-state index in [-0.39, 0.29) is 18.3 Å². The van der Waals surface area contributed by atoms with E-state index >= 15 is 0 Å². The molecule has 0 aliphatic heterocycles. The molecule has 1 heterocycles. The van der Waals surface area contributed by atoms with Gasteiger partial charge in [0.05, 0.1) is 13.7 Å². The van der Waals surface area contributed by atoms with Gasteiger partial charge in [0.1, 0.15) is 18.3 Å². The van der Waals surface area contributed by atoms with Crippen molar-refractivity contribution >= 4 is 28.3 Å². The first-order valence-electron chi connectivity index (χ1n) is 10.8. The number of carbonyl (C=O) groups is 2. The Balaban J connectivity index is 1.75. The normalized spacial score (nSPS) is 11.7. The molecule has 1 N–H and O–H groups in total. The molecule has 33 heavy (non-hydrogen) atoms. The Morgan fingerprint density at radius 2 is 1.73 bits per heavy atom. The number of hydrogen-bond acceptors (Lipinski definition) is 5. The van der Waals surface area contributed by atoms with Crippen molar-refractivity contribution in [1.29, 1.82) is 0 Å². The predicted octanol–water partition coefficient (Wildman–Crippen LogP) is 5.25. The maximum Gasteiger partial charge on any atom is 0.325 e. The van der Waals surface area contributed by atoms with Crippen molar-refractivity contribution in [2.24, 2.45) is 0 Å². The second-order valence-corrected chi connectivity index (χ2v) is 7.58.